The van der Waals surface area contributed by atoms with E-state index in [-0.39, 0.29) is 36.2 Å². The van der Waals surface area contributed by atoms with Crippen LogP contribution in [0.15, 0.2) is 18.2 Å². The molecule has 1 saturated heterocycles. The van der Waals surface area contributed by atoms with Gasteiger partial charge in [-0.25, -0.2) is 4.39 Å². The van der Waals surface area contributed by atoms with Crippen molar-refractivity contribution >= 4 is 18.3 Å². The first kappa shape index (κ1) is 15.9. The van der Waals surface area contributed by atoms with Crippen molar-refractivity contribution in [2.24, 2.45) is 0 Å². The summed E-state index contributed by atoms with van der Waals surface area (Å²) in [6.07, 6.45) is 0. The van der Waals surface area contributed by atoms with Crippen LogP contribution in [0.5, 0.6) is 0 Å². The fraction of sp³-hybridized carbons (Fsp3) is 0.500. The van der Waals surface area contributed by atoms with Crippen LogP contribution in [0, 0.1) is 12.7 Å². The molecule has 1 aromatic carbocycles. The number of halogens is 2. The molecule has 0 aromatic heterocycles. The van der Waals surface area contributed by atoms with Gasteiger partial charge in [0.1, 0.15) is 5.82 Å². The molecule has 2 rings (SSSR count). The van der Waals surface area contributed by atoms with E-state index in [9.17, 15) is 9.18 Å². The number of nitrogens with zero attached hydrogens (tertiary/aromatic N) is 1. The minimum atomic E-state index is -0.352. The van der Waals surface area contributed by atoms with E-state index >= 15 is 0 Å². The summed E-state index contributed by atoms with van der Waals surface area (Å²) in [6, 6.07) is 5.02. The predicted octanol–water partition coefficient (Wildman–Crippen LogP) is 2.38. The van der Waals surface area contributed by atoms with E-state index in [0.717, 1.165) is 5.56 Å². The van der Waals surface area contributed by atoms with Gasteiger partial charge in [0.15, 0.2) is 0 Å². The first-order valence-electron chi connectivity index (χ1n) is 6.28. The van der Waals surface area contributed by atoms with Gasteiger partial charge in [0.2, 0.25) is 0 Å². The highest BCUT2D eigenvalue weighted by molar-refractivity contribution is 5.94. The van der Waals surface area contributed by atoms with E-state index < -0.39 is 0 Å². The van der Waals surface area contributed by atoms with Crippen molar-refractivity contribution in [3.8, 4) is 0 Å². The molecule has 0 bridgehead atoms. The van der Waals surface area contributed by atoms with Gasteiger partial charge in [0.05, 0.1) is 0 Å². The Morgan fingerprint density at radius 1 is 1.26 bits per heavy atom. The molecule has 1 fully saturated rings. The molecule has 1 aromatic rings. The van der Waals surface area contributed by atoms with Crippen LogP contribution in [-0.2, 0) is 0 Å². The van der Waals surface area contributed by atoms with Crippen LogP contribution >= 0.6 is 12.4 Å². The summed E-state index contributed by atoms with van der Waals surface area (Å²) in [5.74, 6) is -0.438. The average molecular weight is 287 g/mol. The zero-order valence-electron chi connectivity index (χ0n) is 11.4. The van der Waals surface area contributed by atoms with Crippen LogP contribution in [0.3, 0.4) is 0 Å². The van der Waals surface area contributed by atoms with Gasteiger partial charge in [-0.05, 0) is 44.5 Å². The van der Waals surface area contributed by atoms with E-state index in [1.54, 1.807) is 17.9 Å². The third-order valence-electron chi connectivity index (χ3n) is 3.13. The maximum absolute atomic E-state index is 13.3. The zero-order valence-corrected chi connectivity index (χ0v) is 12.3. The average Bonchev–Trinajstić information content (AvgIpc) is 2.25. The fourth-order valence-electron chi connectivity index (χ4n) is 2.54. The summed E-state index contributed by atoms with van der Waals surface area (Å²) in [6.45, 7) is 7.22. The summed E-state index contributed by atoms with van der Waals surface area (Å²) in [4.78, 5) is 14.1. The molecule has 1 amide bonds. The number of benzene rings is 1. The van der Waals surface area contributed by atoms with Crippen LogP contribution in [0.2, 0.25) is 0 Å². The maximum atomic E-state index is 13.3. The molecule has 2 atom stereocenters. The van der Waals surface area contributed by atoms with E-state index in [1.165, 1.54) is 12.1 Å². The molecular weight excluding hydrogens is 267 g/mol. The molecule has 5 heteroatoms. The lowest BCUT2D eigenvalue weighted by molar-refractivity contribution is 0.0673. The first-order chi connectivity index (χ1) is 8.45. The largest absolute Gasteiger partial charge is 0.336 e. The van der Waals surface area contributed by atoms with Crippen LogP contribution in [0.4, 0.5) is 4.39 Å². The highest BCUT2D eigenvalue weighted by Crippen LogP contribution is 2.13. The quantitative estimate of drug-likeness (QED) is 0.860. The summed E-state index contributed by atoms with van der Waals surface area (Å²) >= 11 is 0. The Bertz CT molecular complexity index is 437. The summed E-state index contributed by atoms with van der Waals surface area (Å²) in [5, 5.41) is 3.37. The topological polar surface area (TPSA) is 32.3 Å². The number of hydrogen-bond acceptors (Lipinski definition) is 2. The minimum Gasteiger partial charge on any atom is -0.336 e. The Hall–Kier alpha value is -1.13. The van der Waals surface area contributed by atoms with E-state index in [4.69, 9.17) is 0 Å². The Labute approximate surface area is 119 Å². The molecule has 106 valence electrons. The molecule has 0 spiro atoms. The number of carbonyl (C=O) groups excluding carboxylic acids is 1. The van der Waals surface area contributed by atoms with E-state index in [2.05, 4.69) is 5.32 Å². The first-order valence-corrected chi connectivity index (χ1v) is 6.28. The van der Waals surface area contributed by atoms with Gasteiger partial charge in [-0.2, -0.15) is 0 Å². The molecule has 1 aliphatic heterocycles. The fourth-order valence-corrected chi connectivity index (χ4v) is 2.54. The van der Waals surface area contributed by atoms with Gasteiger partial charge in [-0.1, -0.05) is 0 Å². The molecule has 1 aliphatic rings. The second kappa shape index (κ2) is 6.35. The highest BCUT2D eigenvalue weighted by Gasteiger charge is 2.25. The van der Waals surface area contributed by atoms with Gasteiger partial charge in [0.25, 0.3) is 5.91 Å². The Morgan fingerprint density at radius 2 is 1.84 bits per heavy atom. The number of nitrogens with one attached hydrogen (secondary N) is 1. The van der Waals surface area contributed by atoms with Gasteiger partial charge in [-0.3, -0.25) is 4.79 Å². The lowest BCUT2D eigenvalue weighted by Gasteiger charge is -2.36. The number of carbonyl (C=O) groups is 1. The highest BCUT2D eigenvalue weighted by atomic mass is 35.5. The van der Waals surface area contributed by atoms with Crippen molar-refractivity contribution in [3.05, 3.63) is 35.1 Å². The molecule has 19 heavy (non-hydrogen) atoms. The molecule has 0 aliphatic carbocycles. The van der Waals surface area contributed by atoms with Crippen molar-refractivity contribution in [2.75, 3.05) is 13.1 Å². The third kappa shape index (κ3) is 3.91. The smallest absolute Gasteiger partial charge is 0.254 e. The van der Waals surface area contributed by atoms with E-state index in [1.807, 2.05) is 13.8 Å². The van der Waals surface area contributed by atoms with Crippen LogP contribution in [-0.4, -0.2) is 36.0 Å². The number of piperazine rings is 1. The van der Waals surface area contributed by atoms with Gasteiger partial charge in [0, 0.05) is 30.7 Å². The van der Waals surface area contributed by atoms with Crippen molar-refractivity contribution in [3.63, 3.8) is 0 Å². The maximum Gasteiger partial charge on any atom is 0.254 e. The van der Waals surface area contributed by atoms with Crippen LogP contribution in [0.25, 0.3) is 0 Å². The SMILES string of the molecule is Cc1cc(F)cc(C(=O)N2CC(C)NC(C)C2)c1.Cl. The van der Waals surface area contributed by atoms with Crippen molar-refractivity contribution in [2.45, 2.75) is 32.9 Å². The summed E-state index contributed by atoms with van der Waals surface area (Å²) < 4.78 is 13.3. The molecule has 3 nitrogen and oxygen atoms in total. The monoisotopic (exact) mass is 286 g/mol. The Kier molecular flexibility index (Phi) is 5.32. The van der Waals surface area contributed by atoms with Crippen LogP contribution < -0.4 is 5.32 Å². The third-order valence-corrected chi connectivity index (χ3v) is 3.13. The van der Waals surface area contributed by atoms with Crippen molar-refractivity contribution < 1.29 is 9.18 Å². The van der Waals surface area contributed by atoms with Crippen molar-refractivity contribution in [1.82, 2.24) is 10.2 Å². The molecule has 2 unspecified atom stereocenters. The second-order valence-corrected chi connectivity index (χ2v) is 5.20. The molecule has 1 N–H and O–H groups in total. The second-order valence-electron chi connectivity index (χ2n) is 5.20. The van der Waals surface area contributed by atoms with Gasteiger partial charge < -0.3 is 10.2 Å². The molecule has 0 saturated carbocycles. The lowest BCUT2D eigenvalue weighted by atomic mass is 10.1. The lowest BCUT2D eigenvalue weighted by Crippen LogP contribution is -2.55. The molecule has 1 heterocycles. The van der Waals surface area contributed by atoms with Crippen LogP contribution in [0.1, 0.15) is 29.8 Å². The minimum absolute atomic E-state index is 0. The van der Waals surface area contributed by atoms with Crippen molar-refractivity contribution in [1.29, 1.82) is 0 Å². The number of aryl methyl sites for hydroxylation is 1. The molecule has 0 radical (unpaired) electrons. The standard InChI is InChI=1S/C14H19FN2O.ClH/c1-9-4-12(6-13(15)5-9)14(18)17-7-10(2)16-11(3)8-17;/h4-6,10-11,16H,7-8H2,1-3H3;1H. The Balaban J connectivity index is 0.00000180. The van der Waals surface area contributed by atoms with E-state index in [0.29, 0.717) is 18.7 Å². The van der Waals surface area contributed by atoms with Gasteiger partial charge >= 0.3 is 0 Å². The number of amides is 1. The summed E-state index contributed by atoms with van der Waals surface area (Å²) in [7, 11) is 0. The number of hydrogen-bond donors (Lipinski definition) is 1. The zero-order chi connectivity index (χ0) is 13.3. The predicted molar refractivity (Wildman–Crippen MR) is 76.3 cm³/mol. The summed E-state index contributed by atoms with van der Waals surface area (Å²) in [5.41, 5.74) is 1.21. The number of rotatable bonds is 1. The normalized spacial score (nSPS) is 22.8. The van der Waals surface area contributed by atoms with Gasteiger partial charge in [-0.15, -0.1) is 12.4 Å². The Morgan fingerprint density at radius 3 is 2.37 bits per heavy atom. The molecular formula is C14H20ClFN2O.